The second-order valence-corrected chi connectivity index (χ2v) is 75.3. The van der Waals surface area contributed by atoms with Crippen LogP contribution in [-0.4, -0.2) is 110 Å². The van der Waals surface area contributed by atoms with Crippen molar-refractivity contribution in [2.24, 2.45) is 0 Å². The largest absolute Gasteiger partial charge is 0.636 e. The van der Waals surface area contributed by atoms with Gasteiger partial charge < -0.3 is 45.3 Å². The van der Waals surface area contributed by atoms with Crippen molar-refractivity contribution in [2.75, 3.05) is 0 Å². The number of hydrogen-bond donors (Lipinski definition) is 0. The topological polar surface area (TPSA) is 102 Å². The molecule has 328 valence electrons. The van der Waals surface area contributed by atoms with Gasteiger partial charge in [0.05, 0.1) is 0 Å². The first kappa shape index (κ1) is 58.5. The fourth-order valence-corrected chi connectivity index (χ4v) is 57.1. The van der Waals surface area contributed by atoms with Gasteiger partial charge in [-0.15, -0.1) is 0 Å². The summed E-state index contributed by atoms with van der Waals surface area (Å²) < 4.78 is 69.4. The highest BCUT2D eigenvalue weighted by molar-refractivity contribution is 6.93. The average molecular weight is 992 g/mol. The first-order valence-corrected chi connectivity index (χ1v) is 58.5. The molecule has 1 aliphatic heterocycles. The molecule has 0 saturated carbocycles. The van der Waals surface area contributed by atoms with E-state index >= 15 is 0 Å². The fourth-order valence-electron chi connectivity index (χ4n) is 5.81. The van der Waals surface area contributed by atoms with Gasteiger partial charge in [-0.1, -0.05) is 0 Å². The highest BCUT2D eigenvalue weighted by Gasteiger charge is 2.56. The van der Waals surface area contributed by atoms with Crippen molar-refractivity contribution in [3.05, 3.63) is 0 Å². The van der Waals surface area contributed by atoms with Crippen molar-refractivity contribution in [2.45, 2.75) is 196 Å². The van der Waals surface area contributed by atoms with Gasteiger partial charge in [0.2, 0.25) is 0 Å². The molecule has 0 amide bonds. The van der Waals surface area contributed by atoms with E-state index < -0.39 is 110 Å². The van der Waals surface area contributed by atoms with Crippen molar-refractivity contribution < 1.29 is 45.3 Å². The van der Waals surface area contributed by atoms with E-state index in [4.69, 9.17) is 45.3 Å². The normalized spacial score (nSPS) is 20.1. The molecule has 1 fully saturated rings. The summed E-state index contributed by atoms with van der Waals surface area (Å²) in [6.07, 6.45) is 0. The van der Waals surface area contributed by atoms with Crippen LogP contribution in [0, 0.1) is 0 Å². The number of hydrogen-bond acceptors (Lipinski definition) is 11. The first-order chi connectivity index (χ1) is 22.8. The van der Waals surface area contributed by atoms with Gasteiger partial charge in [-0.25, -0.2) is 0 Å². The predicted octanol–water partition coefficient (Wildman–Crippen LogP) is 11.8. The zero-order valence-corrected chi connectivity index (χ0v) is 54.0. The maximum atomic E-state index is 6.47. The third-order valence-electron chi connectivity index (χ3n) is 5.17. The molecular formula is C30H90O11Si13. The summed E-state index contributed by atoms with van der Waals surface area (Å²) in [4.78, 5) is 0. The van der Waals surface area contributed by atoms with Gasteiger partial charge in [0.25, 0.3) is 0 Å². The van der Waals surface area contributed by atoms with E-state index in [9.17, 15) is 0 Å². The van der Waals surface area contributed by atoms with E-state index in [0.29, 0.717) is 0 Å². The molecular weight excluding hydrogens is 901 g/mol. The molecule has 24 heteroatoms. The predicted molar refractivity (Wildman–Crippen MR) is 263 cm³/mol. The molecule has 0 aliphatic carbocycles. The maximum absolute atomic E-state index is 6.47. The smallest absolute Gasteiger partial charge is 0.417 e. The zero-order chi connectivity index (χ0) is 44.3. The van der Waals surface area contributed by atoms with Gasteiger partial charge in [-0.05, 0) is 190 Å². The summed E-state index contributed by atoms with van der Waals surface area (Å²) in [6.45, 7) is 64.4. The molecule has 0 N–H and O–H groups in total. The van der Waals surface area contributed by atoms with E-state index in [2.05, 4.69) is 196 Å². The Bertz CT molecular complexity index is 961. The Morgan fingerprint density at radius 1 is 0.241 bits per heavy atom. The lowest BCUT2D eigenvalue weighted by molar-refractivity contribution is 0.149. The highest BCUT2D eigenvalue weighted by Crippen LogP contribution is 2.31. The van der Waals surface area contributed by atoms with Crippen LogP contribution in [0.3, 0.4) is 0 Å². The van der Waals surface area contributed by atoms with Crippen LogP contribution < -0.4 is 0 Å². The van der Waals surface area contributed by atoms with Gasteiger partial charge in [0.15, 0.2) is 58.2 Å². The molecule has 0 spiro atoms. The SMILES string of the molecule is C[Si](C)(C)O[Si](C)(O[Si](C)(C)C)O[Si](C)(C)C.C[Si](C)(C)O[Si](O[Si](C)(C)C)(O[Si](C)(C)C)O[Si](C)(C)C.C[Si]1(C)O[Si](C)(C)O[Si](C)(C)O[Si](C)(C)O1. The van der Waals surface area contributed by atoms with Crippen molar-refractivity contribution >= 4 is 110 Å². The molecule has 11 nitrogen and oxygen atoms in total. The highest BCUT2D eigenvalue weighted by atomic mass is 28.5. The Labute approximate surface area is 349 Å². The monoisotopic (exact) mass is 990 g/mol. The Hall–Kier alpha value is 2.38. The minimum atomic E-state index is -3.09. The molecule has 0 radical (unpaired) electrons. The molecule has 0 aromatic carbocycles. The van der Waals surface area contributed by atoms with Crippen LogP contribution in [0.25, 0.3) is 0 Å². The third kappa shape index (κ3) is 33.1. The van der Waals surface area contributed by atoms with Crippen molar-refractivity contribution in [3.63, 3.8) is 0 Å². The van der Waals surface area contributed by atoms with Crippen LogP contribution in [0.4, 0.5) is 0 Å². The molecule has 54 heavy (non-hydrogen) atoms. The second-order valence-electron chi connectivity index (χ2n) is 22.9. The van der Waals surface area contributed by atoms with Crippen LogP contribution in [0.2, 0.25) is 196 Å². The van der Waals surface area contributed by atoms with E-state index in [0.717, 1.165) is 0 Å². The van der Waals surface area contributed by atoms with Gasteiger partial charge in [-0.3, -0.25) is 0 Å². The van der Waals surface area contributed by atoms with Crippen molar-refractivity contribution in [1.29, 1.82) is 0 Å². The summed E-state index contributed by atoms with van der Waals surface area (Å²) in [6, 6.07) is 0. The molecule has 1 heterocycles. The first-order valence-electron chi connectivity index (χ1n) is 19.5. The minimum absolute atomic E-state index is 1.64. The molecule has 1 saturated heterocycles. The van der Waals surface area contributed by atoms with Crippen molar-refractivity contribution in [3.8, 4) is 0 Å². The van der Waals surface area contributed by atoms with Gasteiger partial charge in [0.1, 0.15) is 0 Å². The standard InChI is InChI=1S/C12H36O4Si5.C10H30O3Si4.C8H24O4Si4/c1-17(2,3)13-21(14-18(4,5)6,15-19(7,8)9)16-20(10,11)12;1-14(2,3)11-17(10,12-15(4,5)6)13-16(7,8)9;1-13(2)9-14(3,4)11-16(7,8)12-15(5,6)10-13/h1-12H3;1-10H3;1-8H3. The molecule has 1 rings (SSSR count). The Kier molecular flexibility index (Phi) is 21.2. The van der Waals surface area contributed by atoms with Gasteiger partial charge >= 0.3 is 52.1 Å². The maximum Gasteiger partial charge on any atom is 0.636 e. The van der Waals surface area contributed by atoms with Crippen LogP contribution in [0.5, 0.6) is 0 Å². The molecule has 0 bridgehead atoms. The lowest BCUT2D eigenvalue weighted by Crippen LogP contribution is -2.65. The quantitative estimate of drug-likeness (QED) is 0.156. The second kappa shape index (κ2) is 19.6. The Balaban J connectivity index is 0. The Morgan fingerprint density at radius 3 is 0.481 bits per heavy atom. The zero-order valence-electron chi connectivity index (χ0n) is 41.0. The summed E-state index contributed by atoms with van der Waals surface area (Å²) in [7, 11) is -26.3. The van der Waals surface area contributed by atoms with Crippen LogP contribution >= 0.6 is 0 Å². The van der Waals surface area contributed by atoms with E-state index in [1.54, 1.807) is 0 Å². The minimum Gasteiger partial charge on any atom is -0.417 e. The molecule has 0 atom stereocenters. The lowest BCUT2D eigenvalue weighted by atomic mass is 11.8. The average Bonchev–Trinajstić information content (AvgIpc) is 2.57. The van der Waals surface area contributed by atoms with E-state index in [-0.39, 0.29) is 0 Å². The van der Waals surface area contributed by atoms with Gasteiger partial charge in [0, 0.05) is 6.55 Å². The molecule has 0 aromatic heterocycles. The van der Waals surface area contributed by atoms with E-state index in [1.165, 1.54) is 0 Å². The third-order valence-corrected chi connectivity index (χ3v) is 46.5. The fraction of sp³-hybridized carbons (Fsp3) is 1.00. The van der Waals surface area contributed by atoms with Crippen LogP contribution in [-0.2, 0) is 45.3 Å². The van der Waals surface area contributed by atoms with Gasteiger partial charge in [-0.2, -0.15) is 0 Å². The van der Waals surface area contributed by atoms with Crippen LogP contribution in [0.15, 0.2) is 0 Å². The van der Waals surface area contributed by atoms with E-state index in [1.807, 2.05) is 0 Å². The summed E-state index contributed by atoms with van der Waals surface area (Å²) >= 11 is 0. The molecule has 0 aromatic rings. The summed E-state index contributed by atoms with van der Waals surface area (Å²) in [5.41, 5.74) is 0. The van der Waals surface area contributed by atoms with Crippen molar-refractivity contribution in [1.82, 2.24) is 0 Å². The Morgan fingerprint density at radius 2 is 0.370 bits per heavy atom. The summed E-state index contributed by atoms with van der Waals surface area (Å²) in [5, 5.41) is 0. The molecule has 0 unspecified atom stereocenters. The molecule has 1 aliphatic rings. The number of rotatable bonds is 14. The lowest BCUT2D eigenvalue weighted by Gasteiger charge is -2.46. The summed E-state index contributed by atoms with van der Waals surface area (Å²) in [5.74, 6) is 0. The van der Waals surface area contributed by atoms with Crippen LogP contribution in [0.1, 0.15) is 0 Å².